The first-order valence-electron chi connectivity index (χ1n) is 7.70. The summed E-state index contributed by atoms with van der Waals surface area (Å²) in [7, 11) is 1.66. The summed E-state index contributed by atoms with van der Waals surface area (Å²) in [4.78, 5) is 11.8. The second-order valence-corrected chi connectivity index (χ2v) is 6.21. The van der Waals surface area contributed by atoms with Gasteiger partial charge in [-0.2, -0.15) is 0 Å². The Morgan fingerprint density at radius 2 is 2.20 bits per heavy atom. The quantitative estimate of drug-likeness (QED) is 0.676. The first-order valence-corrected chi connectivity index (χ1v) is 7.70. The zero-order valence-corrected chi connectivity index (χ0v) is 12.6. The minimum absolute atomic E-state index is 0.0667. The van der Waals surface area contributed by atoms with E-state index in [1.165, 1.54) is 0 Å². The molecule has 0 bridgehead atoms. The standard InChI is InChI=1S/C15H27NO4/c1-11(10-19-2)20-9-7-12-4-3-8-15(12,14(17)18)16-13-5-6-13/h11-13,16H,3-10H2,1-2H3,(H,17,18). The molecule has 0 aliphatic heterocycles. The van der Waals surface area contributed by atoms with E-state index in [1.807, 2.05) is 6.92 Å². The van der Waals surface area contributed by atoms with Gasteiger partial charge in [-0.25, -0.2) is 0 Å². The zero-order valence-electron chi connectivity index (χ0n) is 12.6. The average molecular weight is 285 g/mol. The molecule has 0 aromatic heterocycles. The van der Waals surface area contributed by atoms with Crippen molar-refractivity contribution in [2.45, 2.75) is 63.1 Å². The van der Waals surface area contributed by atoms with E-state index in [0.717, 1.165) is 38.5 Å². The van der Waals surface area contributed by atoms with Gasteiger partial charge in [0.1, 0.15) is 5.54 Å². The third kappa shape index (κ3) is 3.71. The van der Waals surface area contributed by atoms with Crippen LogP contribution in [0.4, 0.5) is 0 Å². The Kier molecular flexibility index (Phi) is 5.41. The zero-order chi connectivity index (χ0) is 14.6. The van der Waals surface area contributed by atoms with Gasteiger partial charge in [0.25, 0.3) is 0 Å². The second-order valence-electron chi connectivity index (χ2n) is 6.21. The SMILES string of the molecule is COCC(C)OCCC1CCCC1(NC1CC1)C(=O)O. The van der Waals surface area contributed by atoms with Crippen molar-refractivity contribution in [3.05, 3.63) is 0 Å². The molecule has 3 unspecified atom stereocenters. The number of carboxylic acid groups (broad SMARTS) is 1. The molecule has 5 heteroatoms. The molecule has 0 radical (unpaired) electrons. The average Bonchev–Trinajstić information content (AvgIpc) is 3.10. The van der Waals surface area contributed by atoms with Crippen molar-refractivity contribution in [2.24, 2.45) is 5.92 Å². The number of carboxylic acids is 1. The summed E-state index contributed by atoms with van der Waals surface area (Å²) in [5, 5.41) is 13.1. The number of nitrogens with one attached hydrogen (secondary N) is 1. The van der Waals surface area contributed by atoms with Crippen LogP contribution in [0, 0.1) is 5.92 Å². The van der Waals surface area contributed by atoms with Crippen LogP contribution in [0.5, 0.6) is 0 Å². The number of carbonyl (C=O) groups is 1. The third-order valence-corrected chi connectivity index (χ3v) is 4.51. The van der Waals surface area contributed by atoms with Crippen molar-refractivity contribution in [2.75, 3.05) is 20.3 Å². The molecule has 2 rings (SSSR count). The van der Waals surface area contributed by atoms with Gasteiger partial charge in [0.15, 0.2) is 0 Å². The monoisotopic (exact) mass is 285 g/mol. The molecule has 0 amide bonds. The lowest BCUT2D eigenvalue weighted by Crippen LogP contribution is -2.55. The molecule has 116 valence electrons. The van der Waals surface area contributed by atoms with Gasteiger partial charge >= 0.3 is 5.97 Å². The number of ether oxygens (including phenoxy) is 2. The first-order chi connectivity index (χ1) is 9.58. The van der Waals surface area contributed by atoms with E-state index < -0.39 is 11.5 Å². The van der Waals surface area contributed by atoms with E-state index in [2.05, 4.69) is 5.32 Å². The van der Waals surface area contributed by atoms with Gasteiger partial charge in [-0.3, -0.25) is 10.1 Å². The highest BCUT2D eigenvalue weighted by Crippen LogP contribution is 2.40. The molecule has 2 fully saturated rings. The van der Waals surface area contributed by atoms with Crippen molar-refractivity contribution >= 4 is 5.97 Å². The van der Waals surface area contributed by atoms with E-state index in [0.29, 0.717) is 19.3 Å². The predicted octanol–water partition coefficient (Wildman–Crippen LogP) is 1.80. The lowest BCUT2D eigenvalue weighted by molar-refractivity contribution is -0.147. The summed E-state index contributed by atoms with van der Waals surface area (Å²) in [6.45, 7) is 3.16. The summed E-state index contributed by atoms with van der Waals surface area (Å²) >= 11 is 0. The Balaban J connectivity index is 1.86. The van der Waals surface area contributed by atoms with Crippen LogP contribution >= 0.6 is 0 Å². The Bertz CT molecular complexity index is 332. The predicted molar refractivity (Wildman–Crippen MR) is 75.8 cm³/mol. The van der Waals surface area contributed by atoms with Crippen LogP contribution in [-0.2, 0) is 14.3 Å². The van der Waals surface area contributed by atoms with Gasteiger partial charge in [0, 0.05) is 19.8 Å². The molecule has 2 aliphatic carbocycles. The van der Waals surface area contributed by atoms with Gasteiger partial charge in [-0.05, 0) is 44.9 Å². The second kappa shape index (κ2) is 6.87. The van der Waals surface area contributed by atoms with Crippen molar-refractivity contribution in [3.63, 3.8) is 0 Å². The lowest BCUT2D eigenvalue weighted by Gasteiger charge is -2.33. The number of methoxy groups -OCH3 is 1. The van der Waals surface area contributed by atoms with Gasteiger partial charge in [0.2, 0.25) is 0 Å². The molecule has 0 aromatic rings. The molecule has 5 nitrogen and oxygen atoms in total. The molecule has 20 heavy (non-hydrogen) atoms. The Morgan fingerprint density at radius 1 is 1.45 bits per heavy atom. The first kappa shape index (κ1) is 15.7. The Morgan fingerprint density at radius 3 is 2.80 bits per heavy atom. The summed E-state index contributed by atoms with van der Waals surface area (Å²) in [5.41, 5.74) is -0.713. The van der Waals surface area contributed by atoms with Crippen molar-refractivity contribution in [1.29, 1.82) is 0 Å². The van der Waals surface area contributed by atoms with E-state index in [4.69, 9.17) is 9.47 Å². The summed E-state index contributed by atoms with van der Waals surface area (Å²) < 4.78 is 10.7. The summed E-state index contributed by atoms with van der Waals surface area (Å²) in [6, 6.07) is 0.417. The fraction of sp³-hybridized carbons (Fsp3) is 0.933. The molecule has 0 spiro atoms. The van der Waals surface area contributed by atoms with Crippen LogP contribution in [-0.4, -0.2) is 49.1 Å². The maximum atomic E-state index is 11.8. The van der Waals surface area contributed by atoms with E-state index in [-0.39, 0.29) is 12.0 Å². The smallest absolute Gasteiger partial charge is 0.324 e. The molecule has 2 N–H and O–H groups in total. The van der Waals surface area contributed by atoms with Gasteiger partial charge in [-0.1, -0.05) is 6.42 Å². The van der Waals surface area contributed by atoms with E-state index in [1.54, 1.807) is 7.11 Å². The van der Waals surface area contributed by atoms with Gasteiger partial charge in [-0.15, -0.1) is 0 Å². The largest absolute Gasteiger partial charge is 0.480 e. The topological polar surface area (TPSA) is 67.8 Å². The minimum atomic E-state index is -0.713. The van der Waals surface area contributed by atoms with Crippen LogP contribution < -0.4 is 5.32 Å². The van der Waals surface area contributed by atoms with Crippen LogP contribution in [0.25, 0.3) is 0 Å². The normalized spacial score (nSPS) is 31.4. The fourth-order valence-corrected chi connectivity index (χ4v) is 3.29. The van der Waals surface area contributed by atoms with Crippen molar-refractivity contribution in [3.8, 4) is 0 Å². The van der Waals surface area contributed by atoms with Crippen LogP contribution in [0.2, 0.25) is 0 Å². The Labute approximate surface area is 121 Å². The highest BCUT2D eigenvalue weighted by molar-refractivity contribution is 5.80. The lowest BCUT2D eigenvalue weighted by atomic mass is 9.84. The molecule has 0 heterocycles. The number of hydrogen-bond donors (Lipinski definition) is 2. The molecule has 2 saturated carbocycles. The molecule has 2 aliphatic rings. The van der Waals surface area contributed by atoms with Crippen molar-refractivity contribution < 1.29 is 19.4 Å². The maximum Gasteiger partial charge on any atom is 0.324 e. The number of rotatable bonds is 9. The molecular weight excluding hydrogens is 258 g/mol. The molecule has 3 atom stereocenters. The number of hydrogen-bond acceptors (Lipinski definition) is 4. The fourth-order valence-electron chi connectivity index (χ4n) is 3.29. The number of aliphatic carboxylic acids is 1. The third-order valence-electron chi connectivity index (χ3n) is 4.51. The Hall–Kier alpha value is -0.650. The molecule has 0 saturated heterocycles. The van der Waals surface area contributed by atoms with Crippen molar-refractivity contribution in [1.82, 2.24) is 5.32 Å². The molecular formula is C15H27NO4. The van der Waals surface area contributed by atoms with E-state index >= 15 is 0 Å². The highest BCUT2D eigenvalue weighted by atomic mass is 16.5. The molecule has 0 aromatic carbocycles. The van der Waals surface area contributed by atoms with E-state index in [9.17, 15) is 9.90 Å². The minimum Gasteiger partial charge on any atom is -0.480 e. The van der Waals surface area contributed by atoms with Crippen LogP contribution in [0.3, 0.4) is 0 Å². The summed E-state index contributed by atoms with van der Waals surface area (Å²) in [6.07, 6.45) is 5.82. The summed E-state index contributed by atoms with van der Waals surface area (Å²) in [5.74, 6) is -0.507. The highest BCUT2D eigenvalue weighted by Gasteiger charge is 2.51. The van der Waals surface area contributed by atoms with Crippen LogP contribution in [0.15, 0.2) is 0 Å². The van der Waals surface area contributed by atoms with Gasteiger partial charge < -0.3 is 14.6 Å². The maximum absolute atomic E-state index is 11.8. The van der Waals surface area contributed by atoms with Gasteiger partial charge in [0.05, 0.1) is 12.7 Å². The van der Waals surface area contributed by atoms with Crippen LogP contribution in [0.1, 0.15) is 45.4 Å².